The Labute approximate surface area is 141 Å². The molecule has 1 amide bonds. The average molecular weight is 327 g/mol. The maximum Gasteiger partial charge on any atom is 0.330 e. The van der Waals surface area contributed by atoms with Crippen LogP contribution < -0.4 is 5.32 Å². The van der Waals surface area contributed by atoms with Crippen LogP contribution in [0.1, 0.15) is 28.3 Å². The molecule has 0 saturated carbocycles. The zero-order valence-corrected chi connectivity index (χ0v) is 13.8. The molecule has 1 atom stereocenters. The number of hydrogen-bond acceptors (Lipinski definition) is 3. The van der Waals surface area contributed by atoms with Gasteiger partial charge in [0.15, 0.2) is 6.04 Å². The zero-order valence-electron chi connectivity index (χ0n) is 13.8. The molecule has 1 unspecified atom stereocenters. The summed E-state index contributed by atoms with van der Waals surface area (Å²) in [5.74, 6) is -1.56. The first-order chi connectivity index (χ1) is 11.5. The maximum absolute atomic E-state index is 12.0. The van der Waals surface area contributed by atoms with Crippen molar-refractivity contribution in [3.8, 4) is 0 Å². The van der Waals surface area contributed by atoms with Gasteiger partial charge in [0, 0.05) is 0 Å². The Hall–Kier alpha value is -2.66. The van der Waals surface area contributed by atoms with E-state index in [4.69, 9.17) is 4.74 Å². The lowest BCUT2D eigenvalue weighted by Gasteiger charge is -2.18. The molecule has 5 nitrogen and oxygen atoms in total. The standard InChI is InChI=1S/C19H21NO4/c1-13-7-6-10-16(14(13)2)18(19(22)23)20-17(21)12-24-11-15-8-4-3-5-9-15/h3-10,18H,11-12H2,1-2H3,(H,20,21)(H,22,23). The lowest BCUT2D eigenvalue weighted by Crippen LogP contribution is -2.36. The third-order valence-electron chi connectivity index (χ3n) is 3.85. The van der Waals surface area contributed by atoms with E-state index < -0.39 is 17.9 Å². The molecule has 2 aromatic rings. The highest BCUT2D eigenvalue weighted by Gasteiger charge is 2.24. The number of aliphatic carboxylic acids is 1. The minimum atomic E-state index is -1.10. The van der Waals surface area contributed by atoms with Gasteiger partial charge >= 0.3 is 5.97 Å². The number of carbonyl (C=O) groups is 2. The monoisotopic (exact) mass is 327 g/mol. The van der Waals surface area contributed by atoms with Crippen LogP contribution in [0, 0.1) is 13.8 Å². The van der Waals surface area contributed by atoms with Crippen LogP contribution in [0.3, 0.4) is 0 Å². The minimum absolute atomic E-state index is 0.191. The second-order valence-corrected chi connectivity index (χ2v) is 5.61. The Bertz CT molecular complexity index is 713. The highest BCUT2D eigenvalue weighted by atomic mass is 16.5. The topological polar surface area (TPSA) is 75.6 Å². The van der Waals surface area contributed by atoms with Gasteiger partial charge in [0.25, 0.3) is 0 Å². The molecule has 0 heterocycles. The van der Waals surface area contributed by atoms with Gasteiger partial charge in [-0.1, -0.05) is 48.5 Å². The second-order valence-electron chi connectivity index (χ2n) is 5.61. The average Bonchev–Trinajstić information content (AvgIpc) is 2.56. The third kappa shape index (κ3) is 4.67. The number of rotatable bonds is 7. The molecule has 0 bridgehead atoms. The number of carboxylic acid groups (broad SMARTS) is 1. The molecule has 24 heavy (non-hydrogen) atoms. The third-order valence-corrected chi connectivity index (χ3v) is 3.85. The van der Waals surface area contributed by atoms with Crippen molar-refractivity contribution in [1.82, 2.24) is 5.32 Å². The van der Waals surface area contributed by atoms with Crippen molar-refractivity contribution in [1.29, 1.82) is 0 Å². The molecule has 0 spiro atoms. The molecule has 5 heteroatoms. The highest BCUT2D eigenvalue weighted by Crippen LogP contribution is 2.20. The number of nitrogens with one attached hydrogen (secondary N) is 1. The van der Waals surface area contributed by atoms with Gasteiger partial charge in [0.1, 0.15) is 6.61 Å². The summed E-state index contributed by atoms with van der Waals surface area (Å²) < 4.78 is 5.35. The molecule has 0 aliphatic rings. The predicted molar refractivity (Wildman–Crippen MR) is 90.5 cm³/mol. The Morgan fingerprint density at radius 3 is 2.46 bits per heavy atom. The van der Waals surface area contributed by atoms with Crippen molar-refractivity contribution >= 4 is 11.9 Å². The normalized spacial score (nSPS) is 11.8. The minimum Gasteiger partial charge on any atom is -0.479 e. The molecular formula is C19H21NO4. The number of hydrogen-bond donors (Lipinski definition) is 2. The molecule has 0 aliphatic carbocycles. The van der Waals surface area contributed by atoms with Crippen LogP contribution in [0.15, 0.2) is 48.5 Å². The number of benzene rings is 2. The SMILES string of the molecule is Cc1cccc(C(NC(=O)COCc2ccccc2)C(=O)O)c1C. The summed E-state index contributed by atoms with van der Waals surface area (Å²) in [6.45, 7) is 3.86. The first-order valence-corrected chi connectivity index (χ1v) is 7.69. The van der Waals surface area contributed by atoms with Gasteiger partial charge in [0.05, 0.1) is 6.61 Å². The molecule has 0 fully saturated rings. The smallest absolute Gasteiger partial charge is 0.330 e. The first kappa shape index (κ1) is 17.7. The Morgan fingerprint density at radius 2 is 1.79 bits per heavy atom. The van der Waals surface area contributed by atoms with Gasteiger partial charge in [-0.3, -0.25) is 4.79 Å². The van der Waals surface area contributed by atoms with Gasteiger partial charge in [0.2, 0.25) is 5.91 Å². The zero-order chi connectivity index (χ0) is 17.5. The van der Waals surface area contributed by atoms with Crippen LogP contribution >= 0.6 is 0 Å². The Morgan fingerprint density at radius 1 is 1.08 bits per heavy atom. The van der Waals surface area contributed by atoms with Crippen LogP contribution in [-0.4, -0.2) is 23.6 Å². The molecular weight excluding hydrogens is 306 g/mol. The van der Waals surface area contributed by atoms with Crippen molar-refractivity contribution in [3.63, 3.8) is 0 Å². The fourth-order valence-electron chi connectivity index (χ4n) is 2.40. The summed E-state index contributed by atoms with van der Waals surface area (Å²) in [7, 11) is 0. The van der Waals surface area contributed by atoms with E-state index in [1.165, 1.54) is 0 Å². The van der Waals surface area contributed by atoms with E-state index in [9.17, 15) is 14.7 Å². The van der Waals surface area contributed by atoms with Crippen molar-refractivity contribution < 1.29 is 19.4 Å². The first-order valence-electron chi connectivity index (χ1n) is 7.69. The molecule has 0 radical (unpaired) electrons. The quantitative estimate of drug-likeness (QED) is 0.820. The van der Waals surface area contributed by atoms with Gasteiger partial charge in [-0.25, -0.2) is 4.79 Å². The number of ether oxygens (including phenoxy) is 1. The molecule has 126 valence electrons. The molecule has 0 aromatic heterocycles. The van der Waals surface area contributed by atoms with Gasteiger partial charge in [-0.15, -0.1) is 0 Å². The van der Waals surface area contributed by atoms with Crippen LogP contribution in [-0.2, 0) is 20.9 Å². The van der Waals surface area contributed by atoms with Crippen LogP contribution in [0.4, 0.5) is 0 Å². The predicted octanol–water partition coefficient (Wildman–Crippen LogP) is 2.76. The van der Waals surface area contributed by atoms with Crippen LogP contribution in [0.2, 0.25) is 0 Å². The van der Waals surface area contributed by atoms with E-state index in [-0.39, 0.29) is 6.61 Å². The fraction of sp³-hybridized carbons (Fsp3) is 0.263. The number of aryl methyl sites for hydroxylation is 1. The largest absolute Gasteiger partial charge is 0.479 e. The Kier molecular flexibility index (Phi) is 6.09. The summed E-state index contributed by atoms with van der Waals surface area (Å²) in [6, 6.07) is 13.8. The molecule has 2 aromatic carbocycles. The van der Waals surface area contributed by atoms with E-state index in [0.717, 1.165) is 16.7 Å². The lowest BCUT2D eigenvalue weighted by molar-refractivity contribution is -0.142. The lowest BCUT2D eigenvalue weighted by atomic mass is 9.97. The van der Waals surface area contributed by atoms with Gasteiger partial charge in [-0.2, -0.15) is 0 Å². The Balaban J connectivity index is 1.96. The summed E-state index contributed by atoms with van der Waals surface area (Å²) >= 11 is 0. The van der Waals surface area contributed by atoms with Crippen LogP contribution in [0.5, 0.6) is 0 Å². The number of carboxylic acids is 1. The van der Waals surface area contributed by atoms with Crippen LogP contribution in [0.25, 0.3) is 0 Å². The highest BCUT2D eigenvalue weighted by molar-refractivity contribution is 5.85. The van der Waals surface area contributed by atoms with E-state index in [0.29, 0.717) is 12.2 Å². The summed E-state index contributed by atoms with van der Waals surface area (Å²) in [5.41, 5.74) is 3.37. The number of carbonyl (C=O) groups excluding carboxylic acids is 1. The molecule has 2 rings (SSSR count). The summed E-state index contributed by atoms with van der Waals surface area (Å²) in [6.07, 6.45) is 0. The summed E-state index contributed by atoms with van der Waals surface area (Å²) in [4.78, 5) is 23.6. The van der Waals surface area contributed by atoms with E-state index in [2.05, 4.69) is 5.32 Å². The van der Waals surface area contributed by atoms with E-state index >= 15 is 0 Å². The van der Waals surface area contributed by atoms with Crippen molar-refractivity contribution in [2.45, 2.75) is 26.5 Å². The van der Waals surface area contributed by atoms with Crippen molar-refractivity contribution in [3.05, 3.63) is 70.8 Å². The van der Waals surface area contributed by atoms with E-state index in [1.54, 1.807) is 12.1 Å². The van der Waals surface area contributed by atoms with E-state index in [1.807, 2.05) is 50.2 Å². The maximum atomic E-state index is 12.0. The number of amides is 1. The second kappa shape index (κ2) is 8.26. The van der Waals surface area contributed by atoms with Crippen molar-refractivity contribution in [2.75, 3.05) is 6.61 Å². The summed E-state index contributed by atoms with van der Waals surface area (Å²) in [5, 5.41) is 12.0. The molecule has 0 aliphatic heterocycles. The van der Waals surface area contributed by atoms with Crippen molar-refractivity contribution in [2.24, 2.45) is 0 Å². The van der Waals surface area contributed by atoms with Gasteiger partial charge in [-0.05, 0) is 36.1 Å². The molecule has 0 saturated heterocycles. The molecule has 2 N–H and O–H groups in total. The fourth-order valence-corrected chi connectivity index (χ4v) is 2.40. The van der Waals surface area contributed by atoms with Gasteiger partial charge < -0.3 is 15.2 Å².